The van der Waals surface area contributed by atoms with Crippen molar-refractivity contribution < 1.29 is 36.8 Å². The molecule has 1 saturated heterocycles. The molecule has 13 heteroatoms. The average Bonchev–Trinajstić information content (AvgIpc) is 3.58. The molecule has 1 saturated carbocycles. The van der Waals surface area contributed by atoms with Crippen molar-refractivity contribution in [2.24, 2.45) is 5.92 Å². The Morgan fingerprint density at radius 1 is 1.18 bits per heavy atom. The number of amides is 1. The summed E-state index contributed by atoms with van der Waals surface area (Å²) < 4.78 is 57.2. The second-order valence-corrected chi connectivity index (χ2v) is 9.83. The van der Waals surface area contributed by atoms with Crippen molar-refractivity contribution in [3.63, 3.8) is 0 Å². The molecule has 1 atom stereocenters. The lowest BCUT2D eigenvalue weighted by atomic mass is 9.87. The van der Waals surface area contributed by atoms with Crippen molar-refractivity contribution in [1.82, 2.24) is 20.4 Å². The number of carbonyl (C=O) groups excluding carboxylic acids is 2. The van der Waals surface area contributed by atoms with Gasteiger partial charge in [0.2, 0.25) is 11.7 Å². The Balaban J connectivity index is 1.44. The average molecular weight is 552 g/mol. The fourth-order valence-corrected chi connectivity index (χ4v) is 5.01. The van der Waals surface area contributed by atoms with E-state index in [9.17, 15) is 22.8 Å². The zero-order valence-corrected chi connectivity index (χ0v) is 21.7. The molecule has 1 aliphatic heterocycles. The van der Waals surface area contributed by atoms with Crippen molar-refractivity contribution in [2.45, 2.75) is 70.5 Å². The fourth-order valence-electron chi connectivity index (χ4n) is 5.01. The number of aromatic nitrogens is 2. The molecule has 2 aliphatic rings. The number of nitrogens with one attached hydrogen (secondary N) is 2. The molecular formula is C26H32F3N5O5. The smallest absolute Gasteiger partial charge is 0.419 e. The van der Waals surface area contributed by atoms with E-state index < -0.39 is 36.3 Å². The lowest BCUT2D eigenvalue weighted by Crippen LogP contribution is -2.44. The molecule has 1 amide bonds. The van der Waals surface area contributed by atoms with Crippen molar-refractivity contribution in [3.05, 3.63) is 29.7 Å². The van der Waals surface area contributed by atoms with Crippen LogP contribution < -0.4 is 10.1 Å². The highest BCUT2D eigenvalue weighted by Crippen LogP contribution is 2.39. The highest BCUT2D eigenvalue weighted by atomic mass is 19.4. The summed E-state index contributed by atoms with van der Waals surface area (Å²) >= 11 is 0. The van der Waals surface area contributed by atoms with E-state index in [1.807, 2.05) is 0 Å². The van der Waals surface area contributed by atoms with Gasteiger partial charge in [-0.3, -0.25) is 20.3 Å². The minimum atomic E-state index is -4.63. The summed E-state index contributed by atoms with van der Waals surface area (Å²) in [6.45, 7) is 1.28. The molecule has 1 aromatic heterocycles. The maximum atomic E-state index is 13.9. The van der Waals surface area contributed by atoms with E-state index >= 15 is 0 Å². The second kappa shape index (κ2) is 12.5. The van der Waals surface area contributed by atoms with Crippen LogP contribution in [0.15, 0.2) is 22.7 Å². The van der Waals surface area contributed by atoms with Gasteiger partial charge in [0.1, 0.15) is 11.8 Å². The normalized spacial score (nSPS) is 18.2. The zero-order valence-electron chi connectivity index (χ0n) is 21.7. The molecule has 212 valence electrons. The summed E-state index contributed by atoms with van der Waals surface area (Å²) in [5, 5.41) is 14.4. The van der Waals surface area contributed by atoms with E-state index in [1.165, 1.54) is 30.4 Å². The maximum absolute atomic E-state index is 13.9. The number of rotatable bonds is 8. The van der Waals surface area contributed by atoms with Crippen molar-refractivity contribution in [1.29, 1.82) is 5.41 Å². The molecule has 2 heterocycles. The summed E-state index contributed by atoms with van der Waals surface area (Å²) in [5.41, 5.74) is -0.791. The minimum absolute atomic E-state index is 0.0264. The van der Waals surface area contributed by atoms with Gasteiger partial charge >= 0.3 is 12.1 Å². The first-order chi connectivity index (χ1) is 18.6. The van der Waals surface area contributed by atoms with E-state index in [0.29, 0.717) is 25.3 Å². The van der Waals surface area contributed by atoms with Crippen molar-refractivity contribution in [2.75, 3.05) is 19.8 Å². The number of nitrogens with zero attached hydrogens (tertiary/aromatic N) is 3. The SMILES string of the molecule is CC(=O)OCC(=O)NC(=N)N1CCC[C@H]1c1nc(-c2ccc(OCCC3CCCCC3)c(C(F)(F)F)c2)no1. The van der Waals surface area contributed by atoms with E-state index in [0.717, 1.165) is 38.2 Å². The number of halogens is 3. The number of ether oxygens (including phenoxy) is 2. The summed E-state index contributed by atoms with van der Waals surface area (Å²) in [6, 6.07) is 3.15. The highest BCUT2D eigenvalue weighted by molar-refractivity contribution is 5.96. The van der Waals surface area contributed by atoms with Crippen LogP contribution in [0.4, 0.5) is 13.2 Å². The van der Waals surface area contributed by atoms with E-state index in [-0.39, 0.29) is 35.6 Å². The minimum Gasteiger partial charge on any atom is -0.493 e. The third-order valence-electron chi connectivity index (χ3n) is 6.98. The molecule has 1 aliphatic carbocycles. The van der Waals surface area contributed by atoms with Gasteiger partial charge < -0.3 is 18.9 Å². The Hall–Kier alpha value is -3.64. The monoisotopic (exact) mass is 551 g/mol. The fraction of sp³-hybridized carbons (Fsp3) is 0.577. The number of hydrogen-bond donors (Lipinski definition) is 2. The maximum Gasteiger partial charge on any atom is 0.419 e. The molecule has 0 bridgehead atoms. The largest absolute Gasteiger partial charge is 0.493 e. The van der Waals surface area contributed by atoms with Gasteiger partial charge in [0.05, 0.1) is 12.2 Å². The quantitative estimate of drug-likeness (QED) is 0.270. The van der Waals surface area contributed by atoms with Gasteiger partial charge in [-0.25, -0.2) is 0 Å². The molecule has 0 radical (unpaired) electrons. The predicted molar refractivity (Wildman–Crippen MR) is 133 cm³/mol. The molecular weight excluding hydrogens is 519 g/mol. The topological polar surface area (TPSA) is 131 Å². The van der Waals surface area contributed by atoms with E-state index in [4.69, 9.17) is 14.7 Å². The third-order valence-corrected chi connectivity index (χ3v) is 6.98. The summed E-state index contributed by atoms with van der Waals surface area (Å²) in [5.74, 6) is -1.18. The molecule has 2 N–H and O–H groups in total. The van der Waals surface area contributed by atoms with Crippen LogP contribution in [0.5, 0.6) is 5.75 Å². The second-order valence-electron chi connectivity index (χ2n) is 9.83. The first-order valence-electron chi connectivity index (χ1n) is 13.1. The highest BCUT2D eigenvalue weighted by Gasteiger charge is 2.36. The third kappa shape index (κ3) is 7.48. The number of hydrogen-bond acceptors (Lipinski definition) is 8. The van der Waals surface area contributed by atoms with E-state index in [2.05, 4.69) is 20.2 Å². The lowest BCUT2D eigenvalue weighted by Gasteiger charge is -2.24. The van der Waals surface area contributed by atoms with Gasteiger partial charge in [-0.05, 0) is 43.4 Å². The summed E-state index contributed by atoms with van der Waals surface area (Å²) in [4.78, 5) is 28.6. The standard InChI is InChI=1S/C26H32F3N5O5/c1-16(35)38-15-22(36)31-25(30)34-12-5-8-20(34)24-32-23(33-39-24)18-9-10-21(19(14-18)26(27,28)29)37-13-11-17-6-3-2-4-7-17/h9-10,14,17,20H,2-8,11-13,15H2,1H3,(H2,30,31,36)/t20-/m0/s1. The molecule has 1 aromatic carbocycles. The number of alkyl halides is 3. The number of guanidine groups is 1. The summed E-state index contributed by atoms with van der Waals surface area (Å²) in [7, 11) is 0. The Morgan fingerprint density at radius 3 is 2.67 bits per heavy atom. The Labute approximate surface area is 223 Å². The van der Waals surface area contributed by atoms with Crippen LogP contribution in [-0.4, -0.2) is 52.6 Å². The molecule has 2 fully saturated rings. The molecule has 2 aromatic rings. The van der Waals surface area contributed by atoms with Crippen molar-refractivity contribution in [3.8, 4) is 17.1 Å². The zero-order chi connectivity index (χ0) is 28.0. The lowest BCUT2D eigenvalue weighted by molar-refractivity contribution is -0.146. The molecule has 0 spiro atoms. The van der Waals surface area contributed by atoms with Crippen LogP contribution in [0.2, 0.25) is 0 Å². The van der Waals surface area contributed by atoms with Gasteiger partial charge in [0.25, 0.3) is 5.91 Å². The Kier molecular flexibility index (Phi) is 9.08. The van der Waals surface area contributed by atoms with Gasteiger partial charge in [-0.1, -0.05) is 37.3 Å². The number of benzene rings is 1. The van der Waals surface area contributed by atoms with Crippen LogP contribution in [-0.2, 0) is 20.5 Å². The number of likely N-dealkylation sites (tertiary alicyclic amines) is 1. The van der Waals surface area contributed by atoms with Crippen LogP contribution in [0, 0.1) is 11.3 Å². The van der Waals surface area contributed by atoms with Gasteiger partial charge in [0.15, 0.2) is 12.6 Å². The van der Waals surface area contributed by atoms with Gasteiger partial charge in [-0.15, -0.1) is 0 Å². The molecule has 0 unspecified atom stereocenters. The Bertz CT molecular complexity index is 1180. The van der Waals surface area contributed by atoms with Gasteiger partial charge in [0, 0.05) is 19.0 Å². The number of carbonyl (C=O) groups is 2. The van der Waals surface area contributed by atoms with Crippen LogP contribution in [0.25, 0.3) is 11.4 Å². The molecule has 10 nitrogen and oxygen atoms in total. The molecule has 39 heavy (non-hydrogen) atoms. The van der Waals surface area contributed by atoms with Crippen LogP contribution in [0.3, 0.4) is 0 Å². The first kappa shape index (κ1) is 28.4. The molecule has 4 rings (SSSR count). The Morgan fingerprint density at radius 2 is 1.95 bits per heavy atom. The van der Waals surface area contributed by atoms with Crippen LogP contribution in [0.1, 0.15) is 75.8 Å². The predicted octanol–water partition coefficient (Wildman–Crippen LogP) is 4.86. The first-order valence-corrected chi connectivity index (χ1v) is 13.1. The van der Waals surface area contributed by atoms with Crippen molar-refractivity contribution >= 4 is 17.8 Å². The van der Waals surface area contributed by atoms with E-state index in [1.54, 1.807) is 0 Å². The van der Waals surface area contributed by atoms with Crippen LogP contribution >= 0.6 is 0 Å². The summed E-state index contributed by atoms with van der Waals surface area (Å²) in [6.07, 6.45) is 3.00. The number of esters is 1. The van der Waals surface area contributed by atoms with Gasteiger partial charge in [-0.2, -0.15) is 18.2 Å².